The van der Waals surface area contributed by atoms with E-state index in [-0.39, 0.29) is 12.1 Å². The van der Waals surface area contributed by atoms with Crippen LogP contribution in [0.5, 0.6) is 0 Å². The summed E-state index contributed by atoms with van der Waals surface area (Å²) in [5, 5.41) is 13.0. The lowest BCUT2D eigenvalue weighted by Gasteiger charge is -2.22. The van der Waals surface area contributed by atoms with Gasteiger partial charge in [0.2, 0.25) is 0 Å². The van der Waals surface area contributed by atoms with Crippen LogP contribution in [0.2, 0.25) is 0 Å². The molecule has 1 heterocycles. The molecule has 0 saturated heterocycles. The molecule has 2 aromatic rings. The fourth-order valence-electron chi connectivity index (χ4n) is 3.12. The van der Waals surface area contributed by atoms with Crippen LogP contribution >= 0.6 is 0 Å². The summed E-state index contributed by atoms with van der Waals surface area (Å²) in [6.07, 6.45) is -1.61. The second-order valence-electron chi connectivity index (χ2n) is 9.20. The highest BCUT2D eigenvalue weighted by Crippen LogP contribution is 2.28. The van der Waals surface area contributed by atoms with E-state index in [9.17, 15) is 19.6 Å². The highest BCUT2D eigenvalue weighted by Gasteiger charge is 2.31. The van der Waals surface area contributed by atoms with E-state index in [2.05, 4.69) is 5.32 Å². The van der Waals surface area contributed by atoms with Crippen LogP contribution in [0.25, 0.3) is 10.9 Å². The van der Waals surface area contributed by atoms with Gasteiger partial charge < -0.3 is 19.5 Å². The maximum Gasteiger partial charge on any atom is 0.420 e. The van der Waals surface area contributed by atoms with Gasteiger partial charge in [-0.15, -0.1) is 0 Å². The second kappa shape index (κ2) is 9.30. The number of carbonyl (C=O) groups excluding carboxylic acids is 3. The summed E-state index contributed by atoms with van der Waals surface area (Å²) in [6, 6.07) is 7.79. The average molecular weight is 444 g/mol. The Morgan fingerprint density at radius 1 is 1.06 bits per heavy atom. The van der Waals surface area contributed by atoms with E-state index in [1.807, 2.05) is 6.07 Å². The number of carbonyl (C=O) groups is 3. The van der Waals surface area contributed by atoms with Gasteiger partial charge in [-0.3, -0.25) is 0 Å². The number of hydrogen-bond donors (Lipinski definition) is 1. The number of esters is 1. The number of hydrogen-bond acceptors (Lipinski definition) is 7. The Bertz CT molecular complexity index is 1070. The summed E-state index contributed by atoms with van der Waals surface area (Å²) in [5.41, 5.74) is -0.674. The smallest absolute Gasteiger partial charge is 0.420 e. The van der Waals surface area contributed by atoms with Crippen molar-refractivity contribution in [2.24, 2.45) is 0 Å². The van der Waals surface area contributed by atoms with Crippen LogP contribution in [-0.2, 0) is 25.4 Å². The number of fused-ring (bicyclic) bond motifs is 1. The van der Waals surface area contributed by atoms with Crippen LogP contribution in [0.15, 0.2) is 24.3 Å². The summed E-state index contributed by atoms with van der Waals surface area (Å²) in [6.45, 7) is 10.3. The number of nitrogens with zero attached hydrogens (tertiary/aromatic N) is 2. The molecule has 0 aliphatic carbocycles. The van der Waals surface area contributed by atoms with E-state index >= 15 is 0 Å². The molecule has 9 heteroatoms. The van der Waals surface area contributed by atoms with Crippen molar-refractivity contribution in [1.82, 2.24) is 9.88 Å². The normalized spacial score (nSPS) is 12.6. The van der Waals surface area contributed by atoms with Crippen LogP contribution in [-0.4, -0.2) is 47.1 Å². The average Bonchev–Trinajstić information content (AvgIpc) is 2.97. The number of rotatable bonds is 4. The molecular formula is C23H29N3O6. The van der Waals surface area contributed by atoms with Gasteiger partial charge >= 0.3 is 18.2 Å². The molecule has 0 bridgehead atoms. The molecule has 1 aromatic carbocycles. The summed E-state index contributed by atoms with van der Waals surface area (Å²) >= 11 is 0. The predicted molar refractivity (Wildman–Crippen MR) is 117 cm³/mol. The van der Waals surface area contributed by atoms with Gasteiger partial charge in [0.1, 0.15) is 29.0 Å². The monoisotopic (exact) mass is 443 g/mol. The highest BCUT2D eigenvalue weighted by atomic mass is 16.6. The van der Waals surface area contributed by atoms with Gasteiger partial charge in [-0.05, 0) is 53.2 Å². The Balaban J connectivity index is 2.54. The van der Waals surface area contributed by atoms with Crippen molar-refractivity contribution in [1.29, 1.82) is 5.26 Å². The molecule has 32 heavy (non-hydrogen) atoms. The minimum atomic E-state index is -1.14. The largest absolute Gasteiger partial charge is 0.467 e. The maximum atomic E-state index is 12.9. The lowest BCUT2D eigenvalue weighted by Crippen LogP contribution is -2.45. The zero-order chi connectivity index (χ0) is 24.3. The Morgan fingerprint density at radius 2 is 1.66 bits per heavy atom. The highest BCUT2D eigenvalue weighted by molar-refractivity contribution is 5.95. The van der Waals surface area contributed by atoms with Gasteiger partial charge in [-0.2, -0.15) is 5.26 Å². The van der Waals surface area contributed by atoms with Crippen LogP contribution in [0.4, 0.5) is 9.59 Å². The summed E-state index contributed by atoms with van der Waals surface area (Å²) in [5.74, 6) is -0.714. The van der Waals surface area contributed by atoms with Crippen molar-refractivity contribution >= 4 is 29.1 Å². The third-order valence-electron chi connectivity index (χ3n) is 4.25. The number of ether oxygens (including phenoxy) is 3. The standard InChI is InChI=1S/C23H29N3O6/c1-22(2,3)31-20(28)25-16(19(27)30-7)12-15-14-10-8-9-11-17(14)26(18(15)13-24)21(29)32-23(4,5)6/h8-11,16H,12H2,1-7H3,(H,25,28)/t16-/m1/s1. The van der Waals surface area contributed by atoms with E-state index in [4.69, 9.17) is 14.2 Å². The first-order valence-corrected chi connectivity index (χ1v) is 10.1. The second-order valence-corrected chi connectivity index (χ2v) is 9.20. The molecule has 1 atom stereocenters. The maximum absolute atomic E-state index is 12.9. The molecule has 1 amide bonds. The number of nitriles is 1. The third kappa shape index (κ3) is 6.00. The minimum Gasteiger partial charge on any atom is -0.467 e. The van der Waals surface area contributed by atoms with Crippen molar-refractivity contribution in [3.8, 4) is 6.07 Å². The predicted octanol–water partition coefficient (Wildman–Crippen LogP) is 3.90. The molecule has 172 valence electrons. The molecule has 0 aliphatic rings. The molecule has 0 spiro atoms. The van der Waals surface area contributed by atoms with Gasteiger partial charge in [0.05, 0.1) is 12.6 Å². The molecule has 0 radical (unpaired) electrons. The van der Waals surface area contributed by atoms with Crippen LogP contribution < -0.4 is 5.32 Å². The quantitative estimate of drug-likeness (QED) is 0.562. The summed E-state index contributed by atoms with van der Waals surface area (Å²) in [7, 11) is 1.20. The molecule has 0 saturated carbocycles. The minimum absolute atomic E-state index is 0.0142. The first kappa shape index (κ1) is 24.7. The lowest BCUT2D eigenvalue weighted by atomic mass is 10.0. The number of benzene rings is 1. The molecule has 1 N–H and O–H groups in total. The number of methoxy groups -OCH3 is 1. The van der Waals surface area contributed by atoms with E-state index in [1.54, 1.807) is 65.8 Å². The SMILES string of the molecule is COC(=O)[C@@H](Cc1c(C#N)n(C(=O)OC(C)(C)C)c2ccccc12)NC(=O)OC(C)(C)C. The van der Waals surface area contributed by atoms with E-state index < -0.39 is 35.4 Å². The van der Waals surface area contributed by atoms with Gasteiger partial charge in [-0.1, -0.05) is 18.2 Å². The fraction of sp³-hybridized carbons (Fsp3) is 0.478. The Morgan fingerprint density at radius 3 is 2.19 bits per heavy atom. The van der Waals surface area contributed by atoms with Gasteiger partial charge in [0.15, 0.2) is 0 Å². The molecular weight excluding hydrogens is 414 g/mol. The first-order chi connectivity index (χ1) is 14.8. The van der Waals surface area contributed by atoms with Gasteiger partial charge in [0.25, 0.3) is 0 Å². The van der Waals surface area contributed by atoms with E-state index in [0.29, 0.717) is 16.5 Å². The Hall–Kier alpha value is -3.54. The summed E-state index contributed by atoms with van der Waals surface area (Å²) < 4.78 is 16.7. The van der Waals surface area contributed by atoms with Crippen molar-refractivity contribution in [3.63, 3.8) is 0 Å². The van der Waals surface area contributed by atoms with Crippen molar-refractivity contribution < 1.29 is 28.6 Å². The van der Waals surface area contributed by atoms with Crippen molar-refractivity contribution in [2.75, 3.05) is 7.11 Å². The van der Waals surface area contributed by atoms with Crippen LogP contribution in [0.1, 0.15) is 52.8 Å². The van der Waals surface area contributed by atoms with Crippen LogP contribution in [0, 0.1) is 11.3 Å². The van der Waals surface area contributed by atoms with Crippen LogP contribution in [0.3, 0.4) is 0 Å². The first-order valence-electron chi connectivity index (χ1n) is 10.1. The van der Waals surface area contributed by atoms with E-state index in [0.717, 1.165) is 0 Å². The number of nitrogens with one attached hydrogen (secondary N) is 1. The van der Waals surface area contributed by atoms with Crippen molar-refractivity contribution in [2.45, 2.75) is 65.2 Å². The number of amides is 1. The molecule has 2 rings (SSSR count). The topological polar surface area (TPSA) is 120 Å². The zero-order valence-corrected chi connectivity index (χ0v) is 19.4. The number of alkyl carbamates (subject to hydrolysis) is 1. The molecule has 0 fully saturated rings. The lowest BCUT2D eigenvalue weighted by molar-refractivity contribution is -0.143. The van der Waals surface area contributed by atoms with Gasteiger partial charge in [-0.25, -0.2) is 19.0 Å². The summed E-state index contributed by atoms with van der Waals surface area (Å²) in [4.78, 5) is 37.6. The molecule has 1 aromatic heterocycles. The van der Waals surface area contributed by atoms with E-state index in [1.165, 1.54) is 11.7 Å². The Labute approximate surface area is 187 Å². The van der Waals surface area contributed by atoms with Crippen molar-refractivity contribution in [3.05, 3.63) is 35.5 Å². The molecule has 0 unspecified atom stereocenters. The number of para-hydroxylation sites is 1. The fourth-order valence-corrected chi connectivity index (χ4v) is 3.12. The third-order valence-corrected chi connectivity index (χ3v) is 4.25. The Kier molecular flexibility index (Phi) is 7.19. The molecule has 0 aliphatic heterocycles. The number of aromatic nitrogens is 1. The molecule has 9 nitrogen and oxygen atoms in total. The zero-order valence-electron chi connectivity index (χ0n) is 19.4. The van der Waals surface area contributed by atoms with Gasteiger partial charge in [0, 0.05) is 11.8 Å².